The molecule has 4 heteroatoms. The van der Waals surface area contributed by atoms with Crippen LogP contribution in [0.1, 0.15) is 37.0 Å². The van der Waals surface area contributed by atoms with E-state index in [9.17, 15) is 4.79 Å². The first-order valence-corrected chi connectivity index (χ1v) is 6.72. The third-order valence-electron chi connectivity index (χ3n) is 3.48. The minimum Gasteiger partial charge on any atom is -0.480 e. The number of carbonyl (C=O) groups is 1. The van der Waals surface area contributed by atoms with Crippen molar-refractivity contribution in [3.8, 4) is 0 Å². The Morgan fingerprint density at radius 1 is 1.42 bits per heavy atom. The van der Waals surface area contributed by atoms with Gasteiger partial charge in [-0.3, -0.25) is 9.69 Å². The molecule has 0 spiro atoms. The highest BCUT2D eigenvalue weighted by atomic mass is 16.5. The lowest BCUT2D eigenvalue weighted by Crippen LogP contribution is -2.41. The van der Waals surface area contributed by atoms with Crippen LogP contribution in [0.5, 0.6) is 0 Å². The van der Waals surface area contributed by atoms with Crippen LogP contribution in [0, 0.1) is 0 Å². The van der Waals surface area contributed by atoms with Gasteiger partial charge in [0.25, 0.3) is 0 Å². The van der Waals surface area contributed by atoms with E-state index in [1.165, 1.54) is 5.56 Å². The predicted octanol–water partition coefficient (Wildman–Crippen LogP) is 2.27. The zero-order valence-corrected chi connectivity index (χ0v) is 11.5. The summed E-state index contributed by atoms with van der Waals surface area (Å²) in [5.41, 5.74) is 2.43. The van der Waals surface area contributed by atoms with Crippen LogP contribution in [0.2, 0.25) is 0 Å². The molecule has 1 atom stereocenters. The molecule has 1 aromatic rings. The molecule has 1 aliphatic rings. The highest BCUT2D eigenvalue weighted by Crippen LogP contribution is 2.24. The quantitative estimate of drug-likeness (QED) is 0.905. The Morgan fingerprint density at radius 2 is 2.11 bits per heavy atom. The average Bonchev–Trinajstić information content (AvgIpc) is 2.38. The Hall–Kier alpha value is -1.39. The smallest absolute Gasteiger partial charge is 0.317 e. The third-order valence-corrected chi connectivity index (χ3v) is 3.48. The number of rotatable bonds is 4. The largest absolute Gasteiger partial charge is 0.480 e. The molecule has 104 valence electrons. The number of ether oxygens (including phenoxy) is 1. The summed E-state index contributed by atoms with van der Waals surface area (Å²) in [6.07, 6.45) is -0.0192. The molecule has 1 saturated heterocycles. The van der Waals surface area contributed by atoms with Gasteiger partial charge >= 0.3 is 5.97 Å². The summed E-state index contributed by atoms with van der Waals surface area (Å²) in [5, 5.41) is 8.84. The van der Waals surface area contributed by atoms with Crippen LogP contribution in [-0.2, 0) is 9.53 Å². The molecular formula is C15H21NO3. The molecule has 0 aliphatic carbocycles. The van der Waals surface area contributed by atoms with E-state index in [1.807, 2.05) is 4.90 Å². The Balaban J connectivity index is 2.02. The van der Waals surface area contributed by atoms with Crippen LogP contribution < -0.4 is 0 Å². The highest BCUT2D eigenvalue weighted by molar-refractivity contribution is 5.69. The fraction of sp³-hybridized carbons (Fsp3) is 0.533. The zero-order chi connectivity index (χ0) is 13.8. The molecule has 19 heavy (non-hydrogen) atoms. The van der Waals surface area contributed by atoms with Crippen molar-refractivity contribution in [2.24, 2.45) is 0 Å². The Bertz CT molecular complexity index is 428. The number of hydrogen-bond acceptors (Lipinski definition) is 3. The van der Waals surface area contributed by atoms with Gasteiger partial charge in [0.1, 0.15) is 0 Å². The molecule has 1 heterocycles. The summed E-state index contributed by atoms with van der Waals surface area (Å²) in [6, 6.07) is 8.42. The molecular weight excluding hydrogens is 242 g/mol. The van der Waals surface area contributed by atoms with Crippen LogP contribution in [0.25, 0.3) is 0 Å². The van der Waals surface area contributed by atoms with E-state index < -0.39 is 5.97 Å². The van der Waals surface area contributed by atoms with Crippen molar-refractivity contribution in [1.82, 2.24) is 4.90 Å². The normalized spacial score (nSPS) is 20.7. The van der Waals surface area contributed by atoms with Gasteiger partial charge < -0.3 is 9.84 Å². The summed E-state index contributed by atoms with van der Waals surface area (Å²) in [6.45, 7) is 6.34. The van der Waals surface area contributed by atoms with Gasteiger partial charge in [-0.25, -0.2) is 0 Å². The van der Waals surface area contributed by atoms with Gasteiger partial charge in [0.15, 0.2) is 0 Å². The molecule has 0 aromatic heterocycles. The fourth-order valence-corrected chi connectivity index (χ4v) is 2.33. The lowest BCUT2D eigenvalue weighted by molar-refractivity contribution is -0.140. The molecule has 0 bridgehead atoms. The van der Waals surface area contributed by atoms with Gasteiger partial charge in [-0.1, -0.05) is 38.1 Å². The highest BCUT2D eigenvalue weighted by Gasteiger charge is 2.23. The minimum absolute atomic E-state index is 0.0192. The lowest BCUT2D eigenvalue weighted by Gasteiger charge is -2.32. The van der Waals surface area contributed by atoms with Gasteiger partial charge in [-0.15, -0.1) is 0 Å². The summed E-state index contributed by atoms with van der Waals surface area (Å²) in [7, 11) is 0. The van der Waals surface area contributed by atoms with E-state index in [0.717, 1.165) is 5.56 Å². The molecule has 0 saturated carbocycles. The number of hydrogen-bond donors (Lipinski definition) is 1. The van der Waals surface area contributed by atoms with Gasteiger partial charge in [0.2, 0.25) is 0 Å². The first kappa shape index (κ1) is 14.0. The second kappa shape index (κ2) is 6.17. The maximum atomic E-state index is 10.7. The summed E-state index contributed by atoms with van der Waals surface area (Å²) < 4.78 is 5.74. The maximum absolute atomic E-state index is 10.7. The number of aliphatic carboxylic acids is 1. The van der Waals surface area contributed by atoms with E-state index in [-0.39, 0.29) is 12.6 Å². The first-order valence-electron chi connectivity index (χ1n) is 6.72. The molecule has 2 rings (SSSR count). The number of carboxylic acid groups (broad SMARTS) is 1. The van der Waals surface area contributed by atoms with E-state index >= 15 is 0 Å². The van der Waals surface area contributed by atoms with Gasteiger partial charge in [0.05, 0.1) is 19.3 Å². The molecule has 0 radical (unpaired) electrons. The topological polar surface area (TPSA) is 49.8 Å². The molecule has 1 aromatic carbocycles. The van der Waals surface area contributed by atoms with Crippen LogP contribution >= 0.6 is 0 Å². The van der Waals surface area contributed by atoms with Crippen molar-refractivity contribution in [2.45, 2.75) is 25.9 Å². The van der Waals surface area contributed by atoms with Crippen molar-refractivity contribution in [3.05, 3.63) is 35.4 Å². The Kier molecular flexibility index (Phi) is 4.56. The Labute approximate surface area is 114 Å². The first-order chi connectivity index (χ1) is 9.06. The number of carboxylic acids is 1. The molecule has 0 amide bonds. The van der Waals surface area contributed by atoms with Crippen molar-refractivity contribution < 1.29 is 14.6 Å². The predicted molar refractivity (Wildman–Crippen MR) is 73.3 cm³/mol. The van der Waals surface area contributed by atoms with Crippen LogP contribution in [0.3, 0.4) is 0 Å². The number of nitrogens with zero attached hydrogens (tertiary/aromatic N) is 1. The van der Waals surface area contributed by atoms with Crippen molar-refractivity contribution in [3.63, 3.8) is 0 Å². The summed E-state index contributed by atoms with van der Waals surface area (Å²) >= 11 is 0. The second-order valence-corrected chi connectivity index (χ2v) is 5.31. The average molecular weight is 263 g/mol. The lowest BCUT2D eigenvalue weighted by atomic mass is 9.99. The molecule has 1 aliphatic heterocycles. The van der Waals surface area contributed by atoms with Gasteiger partial charge in [-0.05, 0) is 17.0 Å². The van der Waals surface area contributed by atoms with Crippen molar-refractivity contribution >= 4 is 5.97 Å². The number of morpholine rings is 1. The molecule has 4 nitrogen and oxygen atoms in total. The third kappa shape index (κ3) is 3.78. The zero-order valence-electron chi connectivity index (χ0n) is 11.5. The maximum Gasteiger partial charge on any atom is 0.317 e. The van der Waals surface area contributed by atoms with Crippen LogP contribution in [-0.4, -0.2) is 42.2 Å². The van der Waals surface area contributed by atoms with Crippen LogP contribution in [0.15, 0.2) is 24.3 Å². The summed E-state index contributed by atoms with van der Waals surface area (Å²) in [4.78, 5) is 12.7. The molecule has 1 N–H and O–H groups in total. The second-order valence-electron chi connectivity index (χ2n) is 5.31. The van der Waals surface area contributed by atoms with Gasteiger partial charge in [0, 0.05) is 13.1 Å². The van der Waals surface area contributed by atoms with Crippen molar-refractivity contribution in [2.75, 3.05) is 26.2 Å². The van der Waals surface area contributed by atoms with E-state index in [1.54, 1.807) is 0 Å². The fourth-order valence-electron chi connectivity index (χ4n) is 2.33. The minimum atomic E-state index is -0.782. The standard InChI is InChI=1S/C15H21NO3/c1-11(2)12-3-5-13(6-4-12)14-9-16(7-8-19-14)10-15(17)18/h3-6,11,14H,7-10H2,1-2H3,(H,17,18). The van der Waals surface area contributed by atoms with Crippen molar-refractivity contribution in [1.29, 1.82) is 0 Å². The molecule has 1 unspecified atom stereocenters. The Morgan fingerprint density at radius 3 is 2.68 bits per heavy atom. The van der Waals surface area contributed by atoms with E-state index in [4.69, 9.17) is 9.84 Å². The SMILES string of the molecule is CC(C)c1ccc(C2CN(CC(=O)O)CCO2)cc1. The van der Waals surface area contributed by atoms with Crippen LogP contribution in [0.4, 0.5) is 0 Å². The van der Waals surface area contributed by atoms with E-state index in [2.05, 4.69) is 38.1 Å². The number of benzene rings is 1. The van der Waals surface area contributed by atoms with E-state index in [0.29, 0.717) is 25.6 Å². The summed E-state index contributed by atoms with van der Waals surface area (Å²) in [5.74, 6) is -0.263. The monoisotopic (exact) mass is 263 g/mol. The molecule has 1 fully saturated rings. The van der Waals surface area contributed by atoms with Gasteiger partial charge in [-0.2, -0.15) is 0 Å².